The molecule has 0 spiro atoms. The number of likely N-dealkylation sites (tertiary alicyclic amines) is 1. The summed E-state index contributed by atoms with van der Waals surface area (Å²) in [5.41, 5.74) is 0.470. The van der Waals surface area contributed by atoms with Gasteiger partial charge in [-0.05, 0) is 37.8 Å². The van der Waals surface area contributed by atoms with E-state index in [4.69, 9.17) is 0 Å². The fourth-order valence-electron chi connectivity index (χ4n) is 3.99. The molecule has 136 valence electrons. The fraction of sp³-hybridized carbons (Fsp3) is 0.632. The summed E-state index contributed by atoms with van der Waals surface area (Å²) in [6.45, 7) is 1.81. The van der Waals surface area contributed by atoms with Crippen molar-refractivity contribution in [1.29, 1.82) is 0 Å². The number of hydrogen-bond donors (Lipinski definition) is 2. The van der Waals surface area contributed by atoms with Crippen LogP contribution in [0, 0.1) is 11.3 Å². The number of carbonyl (C=O) groups is 2. The minimum Gasteiger partial charge on any atom is -0.396 e. The molecule has 0 bridgehead atoms. The van der Waals surface area contributed by atoms with Crippen LogP contribution in [-0.2, 0) is 4.79 Å². The zero-order valence-corrected chi connectivity index (χ0v) is 14.6. The lowest BCUT2D eigenvalue weighted by atomic mass is 9.87. The SMILES string of the molecule is O=C(NCC1(CO)CCCC1)[C@H]1CCCN(C(=O)c2ccncc2)C1. The van der Waals surface area contributed by atoms with E-state index >= 15 is 0 Å². The van der Waals surface area contributed by atoms with Crippen LogP contribution >= 0.6 is 0 Å². The van der Waals surface area contributed by atoms with Crippen molar-refractivity contribution in [2.45, 2.75) is 38.5 Å². The van der Waals surface area contributed by atoms with E-state index in [-0.39, 0.29) is 29.8 Å². The molecule has 1 aliphatic carbocycles. The minimum atomic E-state index is -0.170. The summed E-state index contributed by atoms with van der Waals surface area (Å²) in [5, 5.41) is 12.7. The molecule has 1 aromatic rings. The van der Waals surface area contributed by atoms with Gasteiger partial charge in [-0.25, -0.2) is 0 Å². The number of nitrogens with one attached hydrogen (secondary N) is 1. The number of carbonyl (C=O) groups excluding carboxylic acids is 2. The van der Waals surface area contributed by atoms with Crippen LogP contribution < -0.4 is 5.32 Å². The number of piperidine rings is 1. The molecule has 3 rings (SSSR count). The minimum absolute atomic E-state index is 0.00644. The van der Waals surface area contributed by atoms with Crippen LogP contribution in [0.1, 0.15) is 48.9 Å². The summed E-state index contributed by atoms with van der Waals surface area (Å²) >= 11 is 0. The Balaban J connectivity index is 1.55. The van der Waals surface area contributed by atoms with Gasteiger partial charge in [-0.15, -0.1) is 0 Å². The molecule has 0 unspecified atom stereocenters. The summed E-state index contributed by atoms with van der Waals surface area (Å²) < 4.78 is 0. The Labute approximate surface area is 148 Å². The molecule has 2 fully saturated rings. The number of hydrogen-bond acceptors (Lipinski definition) is 4. The Hall–Kier alpha value is -1.95. The van der Waals surface area contributed by atoms with Gasteiger partial charge in [0.2, 0.25) is 5.91 Å². The van der Waals surface area contributed by atoms with E-state index in [9.17, 15) is 14.7 Å². The lowest BCUT2D eigenvalue weighted by Gasteiger charge is -2.33. The Morgan fingerprint density at radius 3 is 2.64 bits per heavy atom. The van der Waals surface area contributed by atoms with E-state index in [1.54, 1.807) is 29.4 Å². The Morgan fingerprint density at radius 1 is 1.24 bits per heavy atom. The van der Waals surface area contributed by atoms with E-state index in [1.807, 2.05) is 0 Å². The molecule has 2 amide bonds. The first-order valence-corrected chi connectivity index (χ1v) is 9.21. The number of aliphatic hydroxyl groups excluding tert-OH is 1. The third kappa shape index (κ3) is 4.18. The summed E-state index contributed by atoms with van der Waals surface area (Å²) in [4.78, 5) is 30.8. The van der Waals surface area contributed by atoms with Crippen molar-refractivity contribution in [2.75, 3.05) is 26.2 Å². The quantitative estimate of drug-likeness (QED) is 0.849. The van der Waals surface area contributed by atoms with Gasteiger partial charge in [-0.2, -0.15) is 0 Å². The van der Waals surface area contributed by atoms with Crippen LogP contribution in [0.2, 0.25) is 0 Å². The number of nitrogens with zero attached hydrogens (tertiary/aromatic N) is 2. The van der Waals surface area contributed by atoms with Crippen LogP contribution in [0.25, 0.3) is 0 Å². The van der Waals surface area contributed by atoms with Crippen LogP contribution in [0.15, 0.2) is 24.5 Å². The van der Waals surface area contributed by atoms with Gasteiger partial charge in [0.25, 0.3) is 5.91 Å². The first-order valence-electron chi connectivity index (χ1n) is 9.21. The van der Waals surface area contributed by atoms with E-state index in [2.05, 4.69) is 10.3 Å². The zero-order valence-electron chi connectivity index (χ0n) is 14.6. The average Bonchev–Trinajstić information content (AvgIpc) is 3.16. The van der Waals surface area contributed by atoms with E-state index < -0.39 is 0 Å². The monoisotopic (exact) mass is 345 g/mol. The molecule has 2 N–H and O–H groups in total. The number of pyridine rings is 1. The maximum Gasteiger partial charge on any atom is 0.253 e. The highest BCUT2D eigenvalue weighted by Crippen LogP contribution is 2.37. The molecule has 2 aliphatic rings. The highest BCUT2D eigenvalue weighted by molar-refractivity contribution is 5.94. The smallest absolute Gasteiger partial charge is 0.253 e. The van der Waals surface area contributed by atoms with Crippen molar-refractivity contribution in [1.82, 2.24) is 15.2 Å². The van der Waals surface area contributed by atoms with Crippen LogP contribution in [0.3, 0.4) is 0 Å². The molecule has 1 saturated heterocycles. The topological polar surface area (TPSA) is 82.5 Å². The van der Waals surface area contributed by atoms with Gasteiger partial charge in [0.05, 0.1) is 12.5 Å². The molecule has 1 aromatic heterocycles. The third-order valence-electron chi connectivity index (χ3n) is 5.64. The molecule has 0 aromatic carbocycles. The highest BCUT2D eigenvalue weighted by Gasteiger charge is 2.35. The van der Waals surface area contributed by atoms with Crippen LogP contribution in [0.5, 0.6) is 0 Å². The lowest BCUT2D eigenvalue weighted by Crippen LogP contribution is -2.47. The van der Waals surface area contributed by atoms with Gasteiger partial charge in [-0.1, -0.05) is 12.8 Å². The number of aliphatic hydroxyl groups is 1. The summed E-state index contributed by atoms with van der Waals surface area (Å²) in [5.74, 6) is -0.203. The molecule has 2 heterocycles. The maximum absolute atomic E-state index is 12.6. The van der Waals surface area contributed by atoms with E-state index in [0.29, 0.717) is 25.2 Å². The van der Waals surface area contributed by atoms with Gasteiger partial charge >= 0.3 is 0 Å². The lowest BCUT2D eigenvalue weighted by molar-refractivity contribution is -0.127. The van der Waals surface area contributed by atoms with Gasteiger partial charge in [0.1, 0.15) is 0 Å². The summed E-state index contributed by atoms with van der Waals surface area (Å²) in [7, 11) is 0. The molecule has 1 atom stereocenters. The highest BCUT2D eigenvalue weighted by atomic mass is 16.3. The number of rotatable bonds is 5. The molecule has 0 radical (unpaired) electrons. The Bertz CT molecular complexity index is 599. The largest absolute Gasteiger partial charge is 0.396 e. The Morgan fingerprint density at radius 2 is 1.96 bits per heavy atom. The molecule has 1 aliphatic heterocycles. The predicted octanol–water partition coefficient (Wildman–Crippen LogP) is 1.60. The second-order valence-electron chi connectivity index (χ2n) is 7.41. The van der Waals surface area contributed by atoms with E-state index in [0.717, 1.165) is 38.5 Å². The van der Waals surface area contributed by atoms with Gasteiger partial charge in [0, 0.05) is 43.0 Å². The second-order valence-corrected chi connectivity index (χ2v) is 7.41. The van der Waals surface area contributed by atoms with Crippen molar-refractivity contribution in [2.24, 2.45) is 11.3 Å². The third-order valence-corrected chi connectivity index (χ3v) is 5.64. The van der Waals surface area contributed by atoms with Crippen molar-refractivity contribution in [3.8, 4) is 0 Å². The second kappa shape index (κ2) is 7.95. The predicted molar refractivity (Wildman–Crippen MR) is 93.9 cm³/mol. The number of aromatic nitrogens is 1. The standard InChI is InChI=1S/C19H27N3O3/c23-14-19(7-1-2-8-19)13-21-17(24)16-4-3-11-22(12-16)18(25)15-5-9-20-10-6-15/h5-6,9-10,16,23H,1-4,7-8,11-14H2,(H,21,24)/t16-/m0/s1. The first-order chi connectivity index (χ1) is 12.1. The molecule has 1 saturated carbocycles. The first kappa shape index (κ1) is 17.9. The summed E-state index contributed by atoms with van der Waals surface area (Å²) in [6, 6.07) is 3.41. The van der Waals surface area contributed by atoms with Gasteiger partial charge in [0.15, 0.2) is 0 Å². The molecular weight excluding hydrogens is 318 g/mol. The van der Waals surface area contributed by atoms with Crippen molar-refractivity contribution in [3.05, 3.63) is 30.1 Å². The fourth-order valence-corrected chi connectivity index (χ4v) is 3.99. The summed E-state index contributed by atoms with van der Waals surface area (Å²) in [6.07, 6.45) is 9.04. The zero-order chi connectivity index (χ0) is 17.7. The maximum atomic E-state index is 12.6. The molecule has 6 nitrogen and oxygen atoms in total. The van der Waals surface area contributed by atoms with Crippen LogP contribution in [0.4, 0.5) is 0 Å². The number of amides is 2. The van der Waals surface area contributed by atoms with Gasteiger partial charge in [-0.3, -0.25) is 14.6 Å². The molecule has 25 heavy (non-hydrogen) atoms. The van der Waals surface area contributed by atoms with Crippen molar-refractivity contribution < 1.29 is 14.7 Å². The molecular formula is C19H27N3O3. The van der Waals surface area contributed by atoms with Crippen LogP contribution in [-0.4, -0.2) is 53.0 Å². The molecule has 6 heteroatoms. The van der Waals surface area contributed by atoms with E-state index in [1.165, 1.54) is 0 Å². The normalized spacial score (nSPS) is 22.6. The van der Waals surface area contributed by atoms with Crippen molar-refractivity contribution in [3.63, 3.8) is 0 Å². The van der Waals surface area contributed by atoms with Gasteiger partial charge < -0.3 is 15.3 Å². The van der Waals surface area contributed by atoms with Crippen molar-refractivity contribution >= 4 is 11.8 Å². The average molecular weight is 345 g/mol. The Kier molecular flexibility index (Phi) is 5.68.